The number of halogens is 2. The summed E-state index contributed by atoms with van der Waals surface area (Å²) >= 11 is 11.3. The smallest absolute Gasteiger partial charge is 0.179 e. The van der Waals surface area contributed by atoms with E-state index < -0.39 is 0 Å². The molecule has 0 bridgehead atoms. The second-order valence-electron chi connectivity index (χ2n) is 2.24. The van der Waals surface area contributed by atoms with Gasteiger partial charge in [0.1, 0.15) is 5.75 Å². The van der Waals surface area contributed by atoms with E-state index in [1.807, 2.05) is 0 Å². The molecule has 0 saturated heterocycles. The fraction of sp³-hybridized carbons (Fsp3) is 0.125. The van der Waals surface area contributed by atoms with E-state index in [4.69, 9.17) is 33.1 Å². The fourth-order valence-electron chi connectivity index (χ4n) is 0.895. The van der Waals surface area contributed by atoms with Crippen molar-refractivity contribution in [2.45, 2.75) is 0 Å². The largest absolute Gasteiger partial charge is 0.496 e. The summed E-state index contributed by atoms with van der Waals surface area (Å²) in [6.45, 7) is 0. The van der Waals surface area contributed by atoms with E-state index >= 15 is 0 Å². The summed E-state index contributed by atoms with van der Waals surface area (Å²) in [6.07, 6.45) is 0. The molecule has 0 unspecified atom stereocenters. The van der Waals surface area contributed by atoms with Crippen LogP contribution in [0.5, 0.6) is 5.75 Å². The Bertz CT molecular complexity index is 339. The lowest BCUT2D eigenvalue weighted by Gasteiger charge is -2.05. The third kappa shape index (κ3) is 2.26. The lowest BCUT2D eigenvalue weighted by atomic mass is 10.2. The molecular formula is C8H7Cl2NO2. The standard InChI is InChI=1S/C8H7Cl2NO2/c1-13-7-3-2-5(9)4-6(7)8(10)11-12/h2-4,12H,1H3/b11-8+. The van der Waals surface area contributed by atoms with Crippen LogP contribution >= 0.6 is 23.2 Å². The second-order valence-corrected chi connectivity index (χ2v) is 3.03. The van der Waals surface area contributed by atoms with Crippen molar-refractivity contribution in [3.8, 4) is 5.75 Å². The first-order valence-electron chi connectivity index (χ1n) is 3.40. The number of rotatable bonds is 2. The van der Waals surface area contributed by atoms with E-state index in [0.29, 0.717) is 16.3 Å². The molecule has 70 valence electrons. The molecule has 0 fully saturated rings. The highest BCUT2D eigenvalue weighted by Crippen LogP contribution is 2.24. The molecule has 0 atom stereocenters. The zero-order valence-electron chi connectivity index (χ0n) is 6.79. The highest BCUT2D eigenvalue weighted by atomic mass is 35.5. The van der Waals surface area contributed by atoms with Gasteiger partial charge < -0.3 is 9.94 Å². The van der Waals surface area contributed by atoms with Crippen LogP contribution in [0.2, 0.25) is 5.02 Å². The van der Waals surface area contributed by atoms with Crippen LogP contribution in [-0.2, 0) is 0 Å². The average Bonchev–Trinajstić information content (AvgIpc) is 2.16. The molecule has 3 nitrogen and oxygen atoms in total. The molecule has 13 heavy (non-hydrogen) atoms. The van der Waals surface area contributed by atoms with E-state index in [0.717, 1.165) is 0 Å². The van der Waals surface area contributed by atoms with Crippen LogP contribution in [0.25, 0.3) is 0 Å². The maximum Gasteiger partial charge on any atom is 0.179 e. The van der Waals surface area contributed by atoms with Crippen molar-refractivity contribution in [2.75, 3.05) is 7.11 Å². The van der Waals surface area contributed by atoms with Crippen LogP contribution < -0.4 is 4.74 Å². The molecule has 1 N–H and O–H groups in total. The quantitative estimate of drug-likeness (QED) is 0.473. The Morgan fingerprint density at radius 1 is 1.54 bits per heavy atom. The first-order valence-corrected chi connectivity index (χ1v) is 4.16. The minimum Gasteiger partial charge on any atom is -0.496 e. The van der Waals surface area contributed by atoms with Gasteiger partial charge in [-0.25, -0.2) is 0 Å². The normalized spacial score (nSPS) is 11.5. The molecule has 0 amide bonds. The fourth-order valence-corrected chi connectivity index (χ4v) is 1.22. The molecular weight excluding hydrogens is 213 g/mol. The molecule has 0 aliphatic heterocycles. The Hall–Kier alpha value is -0.930. The zero-order chi connectivity index (χ0) is 9.84. The van der Waals surface area contributed by atoms with Crippen molar-refractivity contribution in [2.24, 2.45) is 5.16 Å². The lowest BCUT2D eigenvalue weighted by molar-refractivity contribution is 0.320. The Morgan fingerprint density at radius 3 is 2.77 bits per heavy atom. The third-order valence-corrected chi connectivity index (χ3v) is 1.99. The van der Waals surface area contributed by atoms with E-state index in [9.17, 15) is 0 Å². The van der Waals surface area contributed by atoms with Crippen molar-refractivity contribution in [3.63, 3.8) is 0 Å². The van der Waals surface area contributed by atoms with E-state index in [2.05, 4.69) is 5.16 Å². The first kappa shape index (κ1) is 10.2. The number of benzene rings is 1. The molecule has 1 aromatic rings. The number of hydrogen-bond acceptors (Lipinski definition) is 3. The van der Waals surface area contributed by atoms with E-state index in [-0.39, 0.29) is 5.17 Å². The number of hydrogen-bond donors (Lipinski definition) is 1. The molecule has 0 aliphatic carbocycles. The van der Waals surface area contributed by atoms with Crippen LogP contribution in [0.15, 0.2) is 23.4 Å². The van der Waals surface area contributed by atoms with Gasteiger partial charge in [-0.15, -0.1) is 0 Å². The highest BCUT2D eigenvalue weighted by Gasteiger charge is 2.08. The van der Waals surface area contributed by atoms with Gasteiger partial charge in [0, 0.05) is 5.02 Å². The predicted molar refractivity (Wildman–Crippen MR) is 52.2 cm³/mol. The van der Waals surface area contributed by atoms with Gasteiger partial charge in [-0.2, -0.15) is 0 Å². The monoisotopic (exact) mass is 219 g/mol. The summed E-state index contributed by atoms with van der Waals surface area (Å²) in [5, 5.41) is 11.7. The van der Waals surface area contributed by atoms with Crippen LogP contribution in [0.1, 0.15) is 5.56 Å². The van der Waals surface area contributed by atoms with Gasteiger partial charge in [0.15, 0.2) is 5.17 Å². The Morgan fingerprint density at radius 2 is 2.23 bits per heavy atom. The summed E-state index contributed by atoms with van der Waals surface area (Å²) in [5.41, 5.74) is 0.458. The molecule has 5 heteroatoms. The number of ether oxygens (including phenoxy) is 1. The SMILES string of the molecule is COc1ccc(Cl)cc1/C(Cl)=N\O. The van der Waals surface area contributed by atoms with E-state index in [1.165, 1.54) is 7.11 Å². The van der Waals surface area contributed by atoms with Crippen LogP contribution in [0.3, 0.4) is 0 Å². The summed E-state index contributed by atoms with van der Waals surface area (Å²) in [6, 6.07) is 4.86. The van der Waals surface area contributed by atoms with Crippen molar-refractivity contribution < 1.29 is 9.94 Å². The minimum absolute atomic E-state index is 0.0562. The molecule has 1 rings (SSSR count). The minimum atomic E-state index is -0.0562. The van der Waals surface area contributed by atoms with Crippen LogP contribution in [-0.4, -0.2) is 17.5 Å². The summed E-state index contributed by atoms with van der Waals surface area (Å²) < 4.78 is 4.99. The number of methoxy groups -OCH3 is 1. The van der Waals surface area contributed by atoms with Gasteiger partial charge in [-0.1, -0.05) is 28.4 Å². The molecule has 0 aliphatic rings. The van der Waals surface area contributed by atoms with Crippen molar-refractivity contribution in [1.29, 1.82) is 0 Å². The summed E-state index contributed by atoms with van der Waals surface area (Å²) in [5.74, 6) is 0.507. The van der Waals surface area contributed by atoms with Gasteiger partial charge in [0.05, 0.1) is 12.7 Å². The Kier molecular flexibility index (Phi) is 3.39. The molecule has 0 aromatic heterocycles. The molecule has 0 saturated carbocycles. The Balaban J connectivity index is 3.23. The van der Waals surface area contributed by atoms with Gasteiger partial charge in [0.25, 0.3) is 0 Å². The number of oxime groups is 1. The van der Waals surface area contributed by atoms with Gasteiger partial charge >= 0.3 is 0 Å². The van der Waals surface area contributed by atoms with Crippen molar-refractivity contribution >= 4 is 28.4 Å². The van der Waals surface area contributed by atoms with Gasteiger partial charge in [-0.05, 0) is 18.2 Å². The first-order chi connectivity index (χ1) is 6.19. The molecule has 1 aromatic carbocycles. The van der Waals surface area contributed by atoms with Gasteiger partial charge in [0.2, 0.25) is 0 Å². The topological polar surface area (TPSA) is 41.8 Å². The summed E-state index contributed by atoms with van der Waals surface area (Å²) in [7, 11) is 1.49. The maximum absolute atomic E-state index is 8.46. The number of nitrogens with zero attached hydrogens (tertiary/aromatic N) is 1. The van der Waals surface area contributed by atoms with Crippen LogP contribution in [0, 0.1) is 0 Å². The molecule has 0 spiro atoms. The highest BCUT2D eigenvalue weighted by molar-refractivity contribution is 6.69. The van der Waals surface area contributed by atoms with Gasteiger partial charge in [-0.3, -0.25) is 0 Å². The van der Waals surface area contributed by atoms with Crippen molar-refractivity contribution in [1.82, 2.24) is 0 Å². The second kappa shape index (κ2) is 4.35. The zero-order valence-corrected chi connectivity index (χ0v) is 8.30. The molecule has 0 radical (unpaired) electrons. The molecule has 0 heterocycles. The average molecular weight is 220 g/mol. The van der Waals surface area contributed by atoms with E-state index in [1.54, 1.807) is 18.2 Å². The predicted octanol–water partition coefficient (Wildman–Crippen LogP) is 2.72. The Labute approximate surface area is 85.5 Å². The lowest BCUT2D eigenvalue weighted by Crippen LogP contribution is -1.96. The van der Waals surface area contributed by atoms with Crippen molar-refractivity contribution in [3.05, 3.63) is 28.8 Å². The summed E-state index contributed by atoms with van der Waals surface area (Å²) in [4.78, 5) is 0. The van der Waals surface area contributed by atoms with Crippen LogP contribution in [0.4, 0.5) is 0 Å². The third-order valence-electron chi connectivity index (χ3n) is 1.47. The maximum atomic E-state index is 8.46.